The Hall–Kier alpha value is -1.46. The van der Waals surface area contributed by atoms with Gasteiger partial charge in [0, 0.05) is 6.54 Å². The molecule has 0 amide bonds. The van der Waals surface area contributed by atoms with Crippen LogP contribution >= 0.6 is 11.6 Å². The van der Waals surface area contributed by atoms with E-state index in [1.165, 1.54) is 7.11 Å². The molecule has 0 saturated heterocycles. The van der Waals surface area contributed by atoms with Crippen molar-refractivity contribution in [3.05, 3.63) is 22.7 Å². The molecule has 1 aromatic rings. The van der Waals surface area contributed by atoms with Gasteiger partial charge in [-0.3, -0.25) is 4.79 Å². The van der Waals surface area contributed by atoms with Crippen molar-refractivity contribution < 1.29 is 19.4 Å². The molecule has 1 aromatic carbocycles. The molecule has 19 heavy (non-hydrogen) atoms. The summed E-state index contributed by atoms with van der Waals surface area (Å²) in [6.07, 6.45) is 0. The molecule has 5 nitrogen and oxygen atoms in total. The van der Waals surface area contributed by atoms with E-state index in [-0.39, 0.29) is 0 Å². The number of methoxy groups -OCH3 is 1. The normalized spacial score (nSPS) is 12.0. The van der Waals surface area contributed by atoms with Crippen molar-refractivity contribution in [3.8, 4) is 11.5 Å². The first-order chi connectivity index (χ1) is 8.99. The predicted molar refractivity (Wildman–Crippen MR) is 73.1 cm³/mol. The standard InChI is InChI=1S/C13H18ClNO4/c1-4-19-11-6-9(5-10(14)12(11)18-3)7-15-8(2)13(16)17/h5-6,8,15H,4,7H2,1-3H3,(H,16,17)/t8-/m1/s1. The first-order valence-electron chi connectivity index (χ1n) is 5.95. The van der Waals surface area contributed by atoms with Gasteiger partial charge < -0.3 is 19.9 Å². The van der Waals surface area contributed by atoms with E-state index < -0.39 is 12.0 Å². The number of halogens is 1. The van der Waals surface area contributed by atoms with Crippen molar-refractivity contribution in [1.29, 1.82) is 0 Å². The largest absolute Gasteiger partial charge is 0.491 e. The molecule has 2 N–H and O–H groups in total. The Kier molecular flexibility index (Phi) is 5.92. The summed E-state index contributed by atoms with van der Waals surface area (Å²) in [7, 11) is 1.52. The van der Waals surface area contributed by atoms with E-state index in [1.807, 2.05) is 6.92 Å². The Balaban J connectivity index is 2.87. The number of hydrogen-bond acceptors (Lipinski definition) is 4. The maximum Gasteiger partial charge on any atom is 0.320 e. The van der Waals surface area contributed by atoms with E-state index in [4.69, 9.17) is 26.2 Å². The summed E-state index contributed by atoms with van der Waals surface area (Å²) in [4.78, 5) is 10.7. The second-order valence-electron chi connectivity index (χ2n) is 3.98. The highest BCUT2D eigenvalue weighted by molar-refractivity contribution is 6.32. The number of rotatable bonds is 7. The molecule has 0 saturated carbocycles. The zero-order valence-electron chi connectivity index (χ0n) is 11.2. The maximum absolute atomic E-state index is 10.7. The summed E-state index contributed by atoms with van der Waals surface area (Å²) < 4.78 is 10.6. The molecule has 0 aliphatic carbocycles. The highest BCUT2D eigenvalue weighted by Crippen LogP contribution is 2.36. The number of carboxylic acid groups (broad SMARTS) is 1. The lowest BCUT2D eigenvalue weighted by Gasteiger charge is -2.14. The van der Waals surface area contributed by atoms with Gasteiger partial charge in [0.2, 0.25) is 0 Å². The van der Waals surface area contributed by atoms with Gasteiger partial charge in [-0.2, -0.15) is 0 Å². The van der Waals surface area contributed by atoms with Crippen LogP contribution in [0.5, 0.6) is 11.5 Å². The third kappa shape index (κ3) is 4.29. The van der Waals surface area contributed by atoms with Gasteiger partial charge in [0.1, 0.15) is 6.04 Å². The number of nitrogens with one attached hydrogen (secondary N) is 1. The SMILES string of the molecule is CCOc1cc(CN[C@H](C)C(=O)O)cc(Cl)c1OC. The minimum absolute atomic E-state index is 0.386. The Morgan fingerprint density at radius 1 is 1.53 bits per heavy atom. The Morgan fingerprint density at radius 2 is 2.21 bits per heavy atom. The first kappa shape index (κ1) is 15.6. The molecule has 0 spiro atoms. The molecule has 1 atom stereocenters. The van der Waals surface area contributed by atoms with Crippen molar-refractivity contribution in [2.24, 2.45) is 0 Å². The Labute approximate surface area is 117 Å². The van der Waals surface area contributed by atoms with Crippen LogP contribution in [0.4, 0.5) is 0 Å². The van der Waals surface area contributed by atoms with Crippen LogP contribution < -0.4 is 14.8 Å². The highest BCUT2D eigenvalue weighted by Gasteiger charge is 2.13. The smallest absolute Gasteiger partial charge is 0.320 e. The molecule has 6 heteroatoms. The van der Waals surface area contributed by atoms with Gasteiger partial charge in [0.05, 0.1) is 18.7 Å². The van der Waals surface area contributed by atoms with Crippen LogP contribution in [0.2, 0.25) is 5.02 Å². The highest BCUT2D eigenvalue weighted by atomic mass is 35.5. The molecule has 0 fully saturated rings. The number of ether oxygens (including phenoxy) is 2. The van der Waals surface area contributed by atoms with Gasteiger partial charge in [-0.15, -0.1) is 0 Å². The fourth-order valence-electron chi connectivity index (χ4n) is 1.54. The van der Waals surface area contributed by atoms with Gasteiger partial charge in [-0.1, -0.05) is 11.6 Å². The van der Waals surface area contributed by atoms with Crippen molar-refractivity contribution in [2.45, 2.75) is 26.4 Å². The van der Waals surface area contributed by atoms with Crippen LogP contribution in [-0.4, -0.2) is 30.8 Å². The lowest BCUT2D eigenvalue weighted by Crippen LogP contribution is -2.33. The predicted octanol–water partition coefficient (Wildman–Crippen LogP) is 2.31. The number of aliphatic carboxylic acids is 1. The van der Waals surface area contributed by atoms with Gasteiger partial charge in [0.25, 0.3) is 0 Å². The number of carboxylic acids is 1. The minimum Gasteiger partial charge on any atom is -0.491 e. The summed E-state index contributed by atoms with van der Waals surface area (Å²) in [5, 5.41) is 12.1. The van der Waals surface area contributed by atoms with E-state index in [1.54, 1.807) is 19.1 Å². The monoisotopic (exact) mass is 287 g/mol. The second kappa shape index (κ2) is 7.21. The fraction of sp³-hybridized carbons (Fsp3) is 0.462. The third-order valence-corrected chi connectivity index (χ3v) is 2.84. The average molecular weight is 288 g/mol. The van der Waals surface area contributed by atoms with E-state index in [9.17, 15) is 4.79 Å². The lowest BCUT2D eigenvalue weighted by atomic mass is 10.2. The van der Waals surface area contributed by atoms with Crippen LogP contribution in [-0.2, 0) is 11.3 Å². The lowest BCUT2D eigenvalue weighted by molar-refractivity contribution is -0.139. The zero-order chi connectivity index (χ0) is 14.4. The molecule has 0 radical (unpaired) electrons. The molecule has 0 bridgehead atoms. The number of hydrogen-bond donors (Lipinski definition) is 2. The summed E-state index contributed by atoms with van der Waals surface area (Å²) in [6, 6.07) is 2.89. The Morgan fingerprint density at radius 3 is 2.74 bits per heavy atom. The molecule has 0 heterocycles. The summed E-state index contributed by atoms with van der Waals surface area (Å²) in [5.41, 5.74) is 0.836. The Bertz CT molecular complexity index is 451. The zero-order valence-corrected chi connectivity index (χ0v) is 12.0. The molecule has 106 valence electrons. The van der Waals surface area contributed by atoms with Crippen LogP contribution in [0.3, 0.4) is 0 Å². The fourth-order valence-corrected chi connectivity index (χ4v) is 1.85. The van der Waals surface area contributed by atoms with E-state index in [0.29, 0.717) is 29.7 Å². The molecule has 0 unspecified atom stereocenters. The van der Waals surface area contributed by atoms with Gasteiger partial charge in [0.15, 0.2) is 11.5 Å². The molecule has 0 aliphatic heterocycles. The topological polar surface area (TPSA) is 67.8 Å². The number of benzene rings is 1. The first-order valence-corrected chi connectivity index (χ1v) is 6.32. The molecular weight excluding hydrogens is 270 g/mol. The molecule has 0 aromatic heterocycles. The third-order valence-electron chi connectivity index (χ3n) is 2.56. The van der Waals surface area contributed by atoms with Crippen LogP contribution in [0.25, 0.3) is 0 Å². The van der Waals surface area contributed by atoms with Crippen molar-refractivity contribution in [2.75, 3.05) is 13.7 Å². The van der Waals surface area contributed by atoms with Gasteiger partial charge in [-0.25, -0.2) is 0 Å². The summed E-state index contributed by atoms with van der Waals surface area (Å²) in [5.74, 6) is 0.139. The van der Waals surface area contributed by atoms with Crippen LogP contribution in [0, 0.1) is 0 Å². The van der Waals surface area contributed by atoms with E-state index in [0.717, 1.165) is 5.56 Å². The van der Waals surface area contributed by atoms with Gasteiger partial charge in [-0.05, 0) is 31.5 Å². The average Bonchev–Trinajstić information content (AvgIpc) is 2.36. The second-order valence-corrected chi connectivity index (χ2v) is 4.39. The molecule has 1 rings (SSSR count). The van der Waals surface area contributed by atoms with E-state index in [2.05, 4.69) is 5.32 Å². The van der Waals surface area contributed by atoms with Gasteiger partial charge >= 0.3 is 5.97 Å². The van der Waals surface area contributed by atoms with Crippen molar-refractivity contribution >= 4 is 17.6 Å². The van der Waals surface area contributed by atoms with Crippen molar-refractivity contribution in [1.82, 2.24) is 5.32 Å². The van der Waals surface area contributed by atoms with Crippen molar-refractivity contribution in [3.63, 3.8) is 0 Å². The quantitative estimate of drug-likeness (QED) is 0.805. The number of carbonyl (C=O) groups is 1. The minimum atomic E-state index is -0.898. The maximum atomic E-state index is 10.7. The van der Waals surface area contributed by atoms with Crippen LogP contribution in [0.1, 0.15) is 19.4 Å². The summed E-state index contributed by atoms with van der Waals surface area (Å²) in [6.45, 7) is 4.33. The van der Waals surface area contributed by atoms with Crippen LogP contribution in [0.15, 0.2) is 12.1 Å². The van der Waals surface area contributed by atoms with E-state index >= 15 is 0 Å². The molecule has 0 aliphatic rings. The molecular formula is C13H18ClNO4. The summed E-state index contributed by atoms with van der Waals surface area (Å²) >= 11 is 6.10.